The molecule has 0 unspecified atom stereocenters. The first kappa shape index (κ1) is 17.9. The number of quaternary nitrogens is 1. The highest BCUT2D eigenvalue weighted by Gasteiger charge is 2.27. The summed E-state index contributed by atoms with van der Waals surface area (Å²) in [6, 6.07) is 12.7. The van der Waals surface area contributed by atoms with Gasteiger partial charge in [0.2, 0.25) is 0 Å². The van der Waals surface area contributed by atoms with E-state index in [1.54, 1.807) is 0 Å². The van der Waals surface area contributed by atoms with E-state index >= 15 is 0 Å². The highest BCUT2D eigenvalue weighted by molar-refractivity contribution is 5.87. The number of aromatic nitrogens is 1. The Morgan fingerprint density at radius 2 is 1.85 bits per heavy atom. The lowest BCUT2D eigenvalue weighted by atomic mass is 9.99. The number of carbonyl (C=O) groups excluding carboxylic acids is 1. The molecule has 1 aliphatic carbocycles. The van der Waals surface area contributed by atoms with Gasteiger partial charge < -0.3 is 4.90 Å². The molecule has 2 fully saturated rings. The van der Waals surface area contributed by atoms with Crippen LogP contribution in [-0.4, -0.2) is 44.3 Å². The van der Waals surface area contributed by atoms with Gasteiger partial charge in [-0.3, -0.25) is 9.69 Å². The van der Waals surface area contributed by atoms with E-state index in [9.17, 15) is 4.79 Å². The molecule has 6 heteroatoms. The minimum Gasteiger partial charge on any atom is -0.321 e. The summed E-state index contributed by atoms with van der Waals surface area (Å²) in [5.41, 5.74) is 5.08. The van der Waals surface area contributed by atoms with Crippen LogP contribution in [0.25, 0.3) is 10.9 Å². The predicted molar refractivity (Wildman–Crippen MR) is 107 cm³/mol. The number of amides is 1. The molecule has 0 spiro atoms. The molecule has 27 heavy (non-hydrogen) atoms. The molecular weight excluding hydrogens is 338 g/mol. The van der Waals surface area contributed by atoms with E-state index in [1.165, 1.54) is 29.5 Å². The molecule has 142 valence electrons. The standard InChI is InChI=1S/C21H27N5O/c27-21(24-23-18-7-2-1-3-8-18)16-25-12-14-26(15-13-25)20-11-10-17-6-4-5-9-19(17)22-20/h4-6,9-11H,1-3,7-8,12-16H2,(H,24,27)/p+2. The molecule has 1 saturated heterocycles. The Kier molecular flexibility index (Phi) is 5.63. The molecule has 1 aromatic heterocycles. The molecule has 1 saturated carbocycles. The monoisotopic (exact) mass is 367 g/mol. The van der Waals surface area contributed by atoms with Crippen LogP contribution in [0.1, 0.15) is 32.1 Å². The number of hydrogen-bond donors (Lipinski definition) is 2. The van der Waals surface area contributed by atoms with Crippen LogP contribution in [-0.2, 0) is 4.79 Å². The van der Waals surface area contributed by atoms with Gasteiger partial charge in [-0.25, -0.2) is 10.4 Å². The lowest BCUT2D eigenvalue weighted by Gasteiger charge is -2.27. The second kappa shape index (κ2) is 8.48. The highest BCUT2D eigenvalue weighted by Crippen LogP contribution is 2.14. The van der Waals surface area contributed by atoms with E-state index in [-0.39, 0.29) is 5.91 Å². The van der Waals surface area contributed by atoms with Crippen LogP contribution in [0.4, 0.5) is 5.82 Å². The molecule has 1 aliphatic heterocycles. The summed E-state index contributed by atoms with van der Waals surface area (Å²) in [4.78, 5) is 19.4. The molecule has 1 aromatic carbocycles. The van der Waals surface area contributed by atoms with E-state index in [0.717, 1.165) is 56.1 Å². The Hall–Kier alpha value is -2.47. The number of hydrazone groups is 1. The van der Waals surface area contributed by atoms with E-state index in [1.807, 2.05) is 0 Å². The van der Waals surface area contributed by atoms with Crippen LogP contribution < -0.4 is 20.2 Å². The van der Waals surface area contributed by atoms with Crippen molar-refractivity contribution in [2.75, 3.05) is 37.6 Å². The van der Waals surface area contributed by atoms with Gasteiger partial charge in [0.05, 0.1) is 0 Å². The van der Waals surface area contributed by atoms with Crippen molar-refractivity contribution in [3.05, 3.63) is 36.4 Å². The van der Waals surface area contributed by atoms with Crippen molar-refractivity contribution in [1.82, 2.24) is 5.43 Å². The average molecular weight is 367 g/mol. The average Bonchev–Trinajstić information content (AvgIpc) is 2.73. The second-order valence-electron chi connectivity index (χ2n) is 7.62. The van der Waals surface area contributed by atoms with Crippen LogP contribution in [0.3, 0.4) is 0 Å². The first-order valence-corrected chi connectivity index (χ1v) is 10.1. The number of aromatic amines is 1. The minimum absolute atomic E-state index is 0.0359. The van der Waals surface area contributed by atoms with Gasteiger partial charge >= 0.3 is 0 Å². The smallest absolute Gasteiger partial charge is 0.295 e. The summed E-state index contributed by atoms with van der Waals surface area (Å²) < 4.78 is 0. The number of rotatable bonds is 4. The molecule has 0 bridgehead atoms. The van der Waals surface area contributed by atoms with Crippen molar-refractivity contribution < 1.29 is 14.7 Å². The van der Waals surface area contributed by atoms with Crippen molar-refractivity contribution in [1.29, 1.82) is 0 Å². The Morgan fingerprint density at radius 1 is 1.07 bits per heavy atom. The lowest BCUT2D eigenvalue weighted by Crippen LogP contribution is -3.15. The summed E-state index contributed by atoms with van der Waals surface area (Å²) in [5.74, 6) is 1.19. The normalized spacial score (nSPS) is 18.5. The van der Waals surface area contributed by atoms with Crippen molar-refractivity contribution >= 4 is 28.3 Å². The van der Waals surface area contributed by atoms with Gasteiger partial charge in [-0.05, 0) is 37.8 Å². The molecule has 2 aromatic rings. The zero-order valence-electron chi connectivity index (χ0n) is 15.8. The van der Waals surface area contributed by atoms with Gasteiger partial charge in [0.1, 0.15) is 31.7 Å². The van der Waals surface area contributed by atoms with E-state index < -0.39 is 0 Å². The summed E-state index contributed by atoms with van der Waals surface area (Å²) in [6.07, 6.45) is 5.76. The van der Waals surface area contributed by atoms with Gasteiger partial charge in [-0.15, -0.1) is 0 Å². The molecular formula is C21H29N5O+2. The fourth-order valence-corrected chi connectivity index (χ4v) is 4.01. The van der Waals surface area contributed by atoms with E-state index in [4.69, 9.17) is 0 Å². The van der Waals surface area contributed by atoms with Crippen LogP contribution in [0.5, 0.6) is 0 Å². The summed E-state index contributed by atoms with van der Waals surface area (Å²) >= 11 is 0. The quantitative estimate of drug-likeness (QED) is 0.785. The number of piperazine rings is 1. The molecule has 2 heterocycles. The van der Waals surface area contributed by atoms with Gasteiger partial charge in [-0.1, -0.05) is 24.6 Å². The third-order valence-electron chi connectivity index (χ3n) is 5.64. The zero-order valence-corrected chi connectivity index (χ0v) is 15.8. The maximum atomic E-state index is 12.2. The number of para-hydroxylation sites is 1. The molecule has 2 aliphatic rings. The number of anilines is 1. The number of nitrogens with one attached hydrogen (secondary N) is 3. The number of carbonyl (C=O) groups is 1. The number of nitrogens with zero attached hydrogens (tertiary/aromatic N) is 2. The summed E-state index contributed by atoms with van der Waals surface area (Å²) in [6.45, 7) is 4.33. The van der Waals surface area contributed by atoms with Gasteiger partial charge in [0.25, 0.3) is 11.7 Å². The van der Waals surface area contributed by atoms with Gasteiger partial charge in [0.15, 0.2) is 6.54 Å². The first-order valence-electron chi connectivity index (χ1n) is 10.1. The Morgan fingerprint density at radius 3 is 2.67 bits per heavy atom. The highest BCUT2D eigenvalue weighted by atomic mass is 16.2. The van der Waals surface area contributed by atoms with Crippen LogP contribution in [0.15, 0.2) is 41.5 Å². The third-order valence-corrected chi connectivity index (χ3v) is 5.64. The van der Waals surface area contributed by atoms with Crippen LogP contribution in [0.2, 0.25) is 0 Å². The molecule has 0 radical (unpaired) electrons. The van der Waals surface area contributed by atoms with Crippen molar-refractivity contribution in [2.45, 2.75) is 32.1 Å². The number of fused-ring (bicyclic) bond motifs is 1. The van der Waals surface area contributed by atoms with Gasteiger partial charge in [-0.2, -0.15) is 5.10 Å². The lowest BCUT2D eigenvalue weighted by molar-refractivity contribution is -0.892. The second-order valence-corrected chi connectivity index (χ2v) is 7.62. The molecule has 0 atom stereocenters. The first-order chi connectivity index (χ1) is 13.3. The fraction of sp³-hybridized carbons (Fsp3) is 0.476. The largest absolute Gasteiger partial charge is 0.321 e. The van der Waals surface area contributed by atoms with E-state index in [0.29, 0.717) is 6.54 Å². The molecule has 3 N–H and O–H groups in total. The Bertz CT molecular complexity index is 818. The maximum Gasteiger partial charge on any atom is 0.295 e. The SMILES string of the molecule is O=C(C[NH+]1CCN(c2ccc3ccccc3[nH+]2)CC1)NN=C1CCCCC1. The maximum absolute atomic E-state index is 12.2. The third kappa shape index (κ3) is 4.63. The van der Waals surface area contributed by atoms with Crippen molar-refractivity contribution in [2.24, 2.45) is 5.10 Å². The summed E-state index contributed by atoms with van der Waals surface area (Å²) in [5, 5.41) is 5.55. The Balaban J connectivity index is 1.27. The number of benzene rings is 1. The number of hydrogen-bond acceptors (Lipinski definition) is 3. The minimum atomic E-state index is 0.0359. The molecule has 4 rings (SSSR count). The van der Waals surface area contributed by atoms with Crippen LogP contribution >= 0.6 is 0 Å². The summed E-state index contributed by atoms with van der Waals surface area (Å²) in [7, 11) is 0. The Labute approximate surface area is 160 Å². The van der Waals surface area contributed by atoms with Crippen molar-refractivity contribution in [3.8, 4) is 0 Å². The van der Waals surface area contributed by atoms with Crippen LogP contribution in [0, 0.1) is 0 Å². The predicted octanol–water partition coefficient (Wildman–Crippen LogP) is 0.795. The molecule has 1 amide bonds. The number of pyridine rings is 1. The fourth-order valence-electron chi connectivity index (χ4n) is 4.01. The van der Waals surface area contributed by atoms with E-state index in [2.05, 4.69) is 56.8 Å². The van der Waals surface area contributed by atoms with Gasteiger partial charge in [0, 0.05) is 17.2 Å². The van der Waals surface area contributed by atoms with Crippen molar-refractivity contribution in [3.63, 3.8) is 0 Å². The molecule has 6 nitrogen and oxygen atoms in total. The topological polar surface area (TPSA) is 63.3 Å². The zero-order chi connectivity index (χ0) is 18.5. The number of H-pyrrole nitrogens is 1.